The van der Waals surface area contributed by atoms with Crippen LogP contribution in [0.4, 0.5) is 8.78 Å². The topological polar surface area (TPSA) is 20.2 Å². The number of rotatable bonds is 2. The zero-order chi connectivity index (χ0) is 8.27. The van der Waals surface area contributed by atoms with Gasteiger partial charge in [-0.25, -0.2) is 8.78 Å². The van der Waals surface area contributed by atoms with E-state index in [1.807, 2.05) is 0 Å². The van der Waals surface area contributed by atoms with Crippen LogP contribution in [0.2, 0.25) is 0 Å². The summed E-state index contributed by atoms with van der Waals surface area (Å²) in [6, 6.07) is 0. The minimum Gasteiger partial charge on any atom is -0.396 e. The summed E-state index contributed by atoms with van der Waals surface area (Å²) in [4.78, 5) is 0. The second-order valence-electron chi connectivity index (χ2n) is 2.56. The maximum absolute atomic E-state index is 12.8. The number of hydrogen-bond acceptors (Lipinski definition) is 1. The summed E-state index contributed by atoms with van der Waals surface area (Å²) >= 11 is 0. The second kappa shape index (κ2) is 3.62. The Bertz CT molecular complexity index is 196. The zero-order valence-corrected chi connectivity index (χ0v) is 6.06. The maximum Gasteiger partial charge on any atom is 0.114 e. The van der Waals surface area contributed by atoms with Crippen molar-refractivity contribution >= 4 is 0 Å². The predicted molar refractivity (Wildman–Crippen MR) is 38.4 cm³/mol. The Morgan fingerprint density at radius 2 is 2.36 bits per heavy atom. The van der Waals surface area contributed by atoms with E-state index in [4.69, 9.17) is 5.11 Å². The monoisotopic (exact) mass is 160 g/mol. The van der Waals surface area contributed by atoms with Crippen molar-refractivity contribution in [3.8, 4) is 0 Å². The number of halogens is 2. The van der Waals surface area contributed by atoms with Crippen molar-refractivity contribution in [2.24, 2.45) is 5.92 Å². The van der Waals surface area contributed by atoms with Crippen LogP contribution in [-0.4, -0.2) is 18.4 Å². The van der Waals surface area contributed by atoms with Crippen molar-refractivity contribution in [2.45, 2.75) is 6.42 Å². The third-order valence-corrected chi connectivity index (χ3v) is 1.75. The van der Waals surface area contributed by atoms with Gasteiger partial charge < -0.3 is 5.11 Å². The minimum atomic E-state index is -0.633. The normalized spacial score (nSPS) is 24.5. The molecule has 1 atom stereocenters. The molecule has 1 nitrogen and oxygen atoms in total. The molecule has 0 spiro atoms. The third-order valence-electron chi connectivity index (χ3n) is 1.75. The highest BCUT2D eigenvalue weighted by atomic mass is 19.1. The SMILES string of the molecule is OCC1CC=C(CF)C=C1F. The molecule has 0 fully saturated rings. The van der Waals surface area contributed by atoms with E-state index < -0.39 is 18.4 Å². The van der Waals surface area contributed by atoms with E-state index in [1.165, 1.54) is 0 Å². The summed E-state index contributed by atoms with van der Waals surface area (Å²) in [6.07, 6.45) is 3.17. The molecule has 11 heavy (non-hydrogen) atoms. The lowest BCUT2D eigenvalue weighted by Crippen LogP contribution is -2.09. The van der Waals surface area contributed by atoms with Gasteiger partial charge in [0, 0.05) is 5.92 Å². The zero-order valence-electron chi connectivity index (χ0n) is 6.06. The van der Waals surface area contributed by atoms with E-state index in [1.54, 1.807) is 6.08 Å². The highest BCUT2D eigenvalue weighted by molar-refractivity contribution is 5.27. The molecule has 0 heterocycles. The quantitative estimate of drug-likeness (QED) is 0.652. The molecule has 1 aliphatic carbocycles. The van der Waals surface area contributed by atoms with Crippen LogP contribution < -0.4 is 0 Å². The standard InChI is InChI=1S/C8H10F2O/c9-4-6-1-2-7(5-11)8(10)3-6/h1,3,7,11H,2,4-5H2. The van der Waals surface area contributed by atoms with Crippen molar-refractivity contribution in [1.29, 1.82) is 0 Å². The summed E-state index contributed by atoms with van der Waals surface area (Å²) in [5, 5.41) is 8.62. The van der Waals surface area contributed by atoms with Crippen LogP contribution in [0, 0.1) is 5.92 Å². The van der Waals surface area contributed by atoms with Crippen molar-refractivity contribution in [2.75, 3.05) is 13.3 Å². The molecule has 0 radical (unpaired) electrons. The highest BCUT2D eigenvalue weighted by Crippen LogP contribution is 2.24. The number of aliphatic hydroxyl groups is 1. The first-order valence-electron chi connectivity index (χ1n) is 3.51. The van der Waals surface area contributed by atoms with Gasteiger partial charge in [0.15, 0.2) is 0 Å². The molecular weight excluding hydrogens is 150 g/mol. The molecule has 0 bridgehead atoms. The molecule has 0 aliphatic heterocycles. The van der Waals surface area contributed by atoms with Crippen molar-refractivity contribution < 1.29 is 13.9 Å². The first-order valence-corrected chi connectivity index (χ1v) is 3.51. The molecule has 1 unspecified atom stereocenters. The Balaban J connectivity index is 2.65. The second-order valence-corrected chi connectivity index (χ2v) is 2.56. The number of allylic oxidation sites excluding steroid dienone is 3. The minimum absolute atomic E-state index is 0.210. The van der Waals surface area contributed by atoms with Crippen molar-refractivity contribution in [3.05, 3.63) is 23.6 Å². The molecular formula is C8H10F2O. The van der Waals surface area contributed by atoms with E-state index >= 15 is 0 Å². The van der Waals surface area contributed by atoms with E-state index in [9.17, 15) is 8.78 Å². The molecule has 1 aliphatic rings. The highest BCUT2D eigenvalue weighted by Gasteiger charge is 2.16. The fraction of sp³-hybridized carbons (Fsp3) is 0.500. The van der Waals surface area contributed by atoms with Crippen LogP contribution in [0.3, 0.4) is 0 Å². The molecule has 1 rings (SSSR count). The van der Waals surface area contributed by atoms with E-state index in [-0.39, 0.29) is 6.61 Å². The Hall–Kier alpha value is -0.700. The Morgan fingerprint density at radius 1 is 1.64 bits per heavy atom. The van der Waals surface area contributed by atoms with E-state index in [0.717, 1.165) is 6.08 Å². The van der Waals surface area contributed by atoms with Crippen LogP contribution >= 0.6 is 0 Å². The number of aliphatic hydroxyl groups excluding tert-OH is 1. The van der Waals surface area contributed by atoms with Gasteiger partial charge in [-0.1, -0.05) is 6.08 Å². The Kier molecular flexibility index (Phi) is 2.76. The fourth-order valence-electron chi connectivity index (χ4n) is 1.01. The lowest BCUT2D eigenvalue weighted by atomic mass is 9.97. The van der Waals surface area contributed by atoms with Gasteiger partial charge in [0.05, 0.1) is 6.61 Å². The van der Waals surface area contributed by atoms with Crippen LogP contribution in [0.25, 0.3) is 0 Å². The van der Waals surface area contributed by atoms with Gasteiger partial charge in [-0.2, -0.15) is 0 Å². The lowest BCUT2D eigenvalue weighted by Gasteiger charge is -2.14. The average molecular weight is 160 g/mol. The molecule has 0 aromatic rings. The number of alkyl halides is 1. The molecule has 0 aromatic heterocycles. The average Bonchev–Trinajstić information content (AvgIpc) is 2.04. The maximum atomic E-state index is 12.8. The van der Waals surface area contributed by atoms with Crippen LogP contribution in [0.1, 0.15) is 6.42 Å². The third kappa shape index (κ3) is 1.87. The van der Waals surface area contributed by atoms with Gasteiger partial charge in [0.1, 0.15) is 12.5 Å². The van der Waals surface area contributed by atoms with Gasteiger partial charge in [-0.3, -0.25) is 0 Å². The summed E-state index contributed by atoms with van der Waals surface area (Å²) in [5.74, 6) is -0.868. The van der Waals surface area contributed by atoms with Crippen LogP contribution in [0.15, 0.2) is 23.6 Å². The first kappa shape index (κ1) is 8.40. The summed E-state index contributed by atoms with van der Waals surface area (Å²) in [5.41, 5.74) is 0.368. The lowest BCUT2D eigenvalue weighted by molar-refractivity contribution is 0.228. The van der Waals surface area contributed by atoms with E-state index in [0.29, 0.717) is 12.0 Å². The Morgan fingerprint density at radius 3 is 2.82 bits per heavy atom. The number of hydrogen-bond donors (Lipinski definition) is 1. The summed E-state index contributed by atoms with van der Waals surface area (Å²) in [7, 11) is 0. The molecule has 62 valence electrons. The molecule has 1 N–H and O–H groups in total. The largest absolute Gasteiger partial charge is 0.396 e. The fourth-order valence-corrected chi connectivity index (χ4v) is 1.01. The summed E-state index contributed by atoms with van der Waals surface area (Å²) < 4.78 is 24.7. The summed E-state index contributed by atoms with van der Waals surface area (Å²) in [6.45, 7) is -0.843. The van der Waals surface area contributed by atoms with Gasteiger partial charge in [-0.15, -0.1) is 0 Å². The molecule has 0 saturated carbocycles. The van der Waals surface area contributed by atoms with Crippen LogP contribution in [-0.2, 0) is 0 Å². The van der Waals surface area contributed by atoms with Crippen LogP contribution in [0.5, 0.6) is 0 Å². The van der Waals surface area contributed by atoms with Gasteiger partial charge in [0.2, 0.25) is 0 Å². The van der Waals surface area contributed by atoms with Crippen molar-refractivity contribution in [3.63, 3.8) is 0 Å². The van der Waals surface area contributed by atoms with Gasteiger partial charge in [0.25, 0.3) is 0 Å². The molecule has 0 amide bonds. The Labute approximate surface area is 64.0 Å². The van der Waals surface area contributed by atoms with E-state index in [2.05, 4.69) is 0 Å². The van der Waals surface area contributed by atoms with Gasteiger partial charge >= 0.3 is 0 Å². The smallest absolute Gasteiger partial charge is 0.114 e. The first-order chi connectivity index (χ1) is 5.27. The van der Waals surface area contributed by atoms with Gasteiger partial charge in [-0.05, 0) is 18.1 Å². The molecule has 3 heteroatoms. The van der Waals surface area contributed by atoms with Crippen molar-refractivity contribution in [1.82, 2.24) is 0 Å². The molecule has 0 saturated heterocycles. The molecule has 0 aromatic carbocycles. The predicted octanol–water partition coefficient (Wildman–Crippen LogP) is 1.75.